The number of ketones is 1. The Kier molecular flexibility index (Phi) is 2.59. The minimum atomic E-state index is -1.36. The number of nitrogens with zero attached hydrogens (tertiary/aromatic N) is 4. The van der Waals surface area contributed by atoms with Gasteiger partial charge in [0.25, 0.3) is 0 Å². The second-order valence-corrected chi connectivity index (χ2v) is 5.17. The van der Waals surface area contributed by atoms with Crippen molar-refractivity contribution in [2.45, 2.75) is 24.9 Å². The zero-order chi connectivity index (χ0) is 14.3. The van der Waals surface area contributed by atoms with Gasteiger partial charge in [-0.1, -0.05) is 24.3 Å². The van der Waals surface area contributed by atoms with E-state index < -0.39 is 5.54 Å². The molecule has 3 rings (SSSR count). The van der Waals surface area contributed by atoms with Crippen LogP contribution in [0.25, 0.3) is 0 Å². The minimum absolute atomic E-state index is 0.0146. The fraction of sp³-hybridized carbons (Fsp3) is 0.333. The van der Waals surface area contributed by atoms with E-state index >= 15 is 0 Å². The SMILES string of the molecule is CC(=O)C1CC(C#N)(C#N)N2N=Cc3ccccc3C12. The van der Waals surface area contributed by atoms with Crippen LogP contribution in [0.1, 0.15) is 30.5 Å². The molecule has 20 heavy (non-hydrogen) atoms. The summed E-state index contributed by atoms with van der Waals surface area (Å²) >= 11 is 0. The predicted octanol–water partition coefficient (Wildman–Crippen LogP) is 1.77. The average Bonchev–Trinajstić information content (AvgIpc) is 2.83. The molecule has 1 saturated heterocycles. The first-order chi connectivity index (χ1) is 9.63. The molecular weight excluding hydrogens is 252 g/mol. The molecule has 5 nitrogen and oxygen atoms in total. The number of nitriles is 2. The topological polar surface area (TPSA) is 80.2 Å². The smallest absolute Gasteiger partial charge is 0.230 e. The highest BCUT2D eigenvalue weighted by Gasteiger charge is 2.56. The van der Waals surface area contributed by atoms with E-state index in [9.17, 15) is 15.3 Å². The molecule has 2 aliphatic rings. The molecule has 0 spiro atoms. The second-order valence-electron chi connectivity index (χ2n) is 5.17. The Labute approximate surface area is 116 Å². The van der Waals surface area contributed by atoms with Crippen LogP contribution < -0.4 is 0 Å². The van der Waals surface area contributed by atoms with E-state index in [1.54, 1.807) is 6.21 Å². The third-order valence-corrected chi connectivity index (χ3v) is 4.08. The van der Waals surface area contributed by atoms with Crippen molar-refractivity contribution in [1.29, 1.82) is 10.5 Å². The number of carbonyl (C=O) groups is 1. The summed E-state index contributed by atoms with van der Waals surface area (Å²) in [6.45, 7) is 1.51. The van der Waals surface area contributed by atoms with Gasteiger partial charge in [0.1, 0.15) is 17.9 Å². The maximum absolute atomic E-state index is 11.9. The number of benzene rings is 1. The molecule has 1 fully saturated rings. The molecule has 0 N–H and O–H groups in total. The molecule has 0 aromatic heterocycles. The Morgan fingerprint density at radius 2 is 2.10 bits per heavy atom. The fourth-order valence-corrected chi connectivity index (χ4v) is 3.06. The van der Waals surface area contributed by atoms with Gasteiger partial charge in [-0.2, -0.15) is 15.6 Å². The average molecular weight is 264 g/mol. The lowest BCUT2D eigenvalue weighted by Crippen LogP contribution is -2.40. The second kappa shape index (κ2) is 4.18. The van der Waals surface area contributed by atoms with Crippen LogP contribution in [0.15, 0.2) is 29.4 Å². The molecule has 98 valence electrons. The van der Waals surface area contributed by atoms with Crippen molar-refractivity contribution < 1.29 is 4.79 Å². The molecule has 2 heterocycles. The van der Waals surface area contributed by atoms with Crippen molar-refractivity contribution >= 4 is 12.0 Å². The highest BCUT2D eigenvalue weighted by Crippen LogP contribution is 2.49. The lowest BCUT2D eigenvalue weighted by molar-refractivity contribution is -0.121. The van der Waals surface area contributed by atoms with Crippen LogP contribution in [0.2, 0.25) is 0 Å². The number of rotatable bonds is 1. The minimum Gasteiger partial charge on any atom is -0.300 e. The summed E-state index contributed by atoms with van der Waals surface area (Å²) < 4.78 is 0. The molecule has 1 aromatic rings. The summed E-state index contributed by atoms with van der Waals surface area (Å²) in [4.78, 5) is 11.9. The van der Waals surface area contributed by atoms with Gasteiger partial charge in [0.05, 0.1) is 12.3 Å². The molecule has 1 aromatic carbocycles. The third kappa shape index (κ3) is 1.47. The van der Waals surface area contributed by atoms with Crippen molar-refractivity contribution in [2.24, 2.45) is 11.0 Å². The summed E-state index contributed by atoms with van der Waals surface area (Å²) in [5.74, 6) is -0.396. The van der Waals surface area contributed by atoms with Crippen molar-refractivity contribution in [3.63, 3.8) is 0 Å². The first-order valence-electron chi connectivity index (χ1n) is 6.38. The molecule has 0 saturated carbocycles. The molecule has 0 amide bonds. The van der Waals surface area contributed by atoms with E-state index in [-0.39, 0.29) is 24.2 Å². The molecule has 2 unspecified atom stereocenters. The zero-order valence-corrected chi connectivity index (χ0v) is 10.9. The van der Waals surface area contributed by atoms with Crippen molar-refractivity contribution in [3.05, 3.63) is 35.4 Å². The summed E-state index contributed by atoms with van der Waals surface area (Å²) in [7, 11) is 0. The van der Waals surface area contributed by atoms with Gasteiger partial charge in [-0.25, -0.2) is 0 Å². The Morgan fingerprint density at radius 3 is 2.75 bits per heavy atom. The number of hydrogen-bond donors (Lipinski definition) is 0. The van der Waals surface area contributed by atoms with Crippen LogP contribution in [-0.2, 0) is 4.79 Å². The molecule has 0 bridgehead atoms. The summed E-state index contributed by atoms with van der Waals surface area (Å²) in [5.41, 5.74) is 0.534. The summed E-state index contributed by atoms with van der Waals surface area (Å²) in [6.07, 6.45) is 1.85. The molecule has 2 aliphatic heterocycles. The first-order valence-corrected chi connectivity index (χ1v) is 6.38. The Balaban J connectivity index is 2.19. The van der Waals surface area contributed by atoms with E-state index in [2.05, 4.69) is 5.10 Å². The van der Waals surface area contributed by atoms with Gasteiger partial charge in [0.15, 0.2) is 0 Å². The van der Waals surface area contributed by atoms with E-state index in [0.717, 1.165) is 11.1 Å². The first kappa shape index (κ1) is 12.4. The predicted molar refractivity (Wildman–Crippen MR) is 71.4 cm³/mol. The fourth-order valence-electron chi connectivity index (χ4n) is 3.06. The van der Waals surface area contributed by atoms with E-state index in [4.69, 9.17) is 0 Å². The maximum atomic E-state index is 11.9. The van der Waals surface area contributed by atoms with E-state index in [1.165, 1.54) is 11.9 Å². The van der Waals surface area contributed by atoms with Gasteiger partial charge in [0, 0.05) is 12.3 Å². The van der Waals surface area contributed by atoms with Crippen LogP contribution >= 0.6 is 0 Å². The number of Topliss-reactive ketones (excluding diaryl/α,β-unsaturated/α-hetero) is 1. The largest absolute Gasteiger partial charge is 0.300 e. The number of carbonyl (C=O) groups excluding carboxylic acids is 1. The Hall–Kier alpha value is -2.66. The standard InChI is InChI=1S/C15H12N4O/c1-10(20)13-6-15(8-16,9-17)19-14(13)12-5-3-2-4-11(12)7-18-19/h2-5,7,13-14H,6H2,1H3. The molecular formula is C15H12N4O. The quantitative estimate of drug-likeness (QED) is 0.774. The van der Waals surface area contributed by atoms with Gasteiger partial charge in [-0.15, -0.1) is 0 Å². The number of fused-ring (bicyclic) bond motifs is 3. The Bertz CT molecular complexity index is 681. The number of hydrazone groups is 1. The molecule has 0 radical (unpaired) electrons. The van der Waals surface area contributed by atoms with Crippen LogP contribution in [0.5, 0.6) is 0 Å². The highest BCUT2D eigenvalue weighted by atomic mass is 16.1. The monoisotopic (exact) mass is 264 g/mol. The van der Waals surface area contributed by atoms with Crippen LogP contribution in [-0.4, -0.2) is 22.5 Å². The van der Waals surface area contributed by atoms with Crippen LogP contribution in [0.4, 0.5) is 0 Å². The molecule has 5 heteroatoms. The van der Waals surface area contributed by atoms with Gasteiger partial charge >= 0.3 is 0 Å². The normalized spacial score (nSPS) is 25.2. The van der Waals surface area contributed by atoms with E-state index in [0.29, 0.717) is 0 Å². The zero-order valence-electron chi connectivity index (χ0n) is 10.9. The number of hydrogen-bond acceptors (Lipinski definition) is 5. The van der Waals surface area contributed by atoms with Crippen molar-refractivity contribution in [1.82, 2.24) is 5.01 Å². The van der Waals surface area contributed by atoms with Crippen molar-refractivity contribution in [2.75, 3.05) is 0 Å². The van der Waals surface area contributed by atoms with Crippen LogP contribution in [0, 0.1) is 28.6 Å². The van der Waals surface area contributed by atoms with Crippen molar-refractivity contribution in [3.8, 4) is 12.1 Å². The van der Waals surface area contributed by atoms with Gasteiger partial charge in [-0.05, 0) is 18.1 Å². The van der Waals surface area contributed by atoms with Gasteiger partial charge < -0.3 is 0 Å². The van der Waals surface area contributed by atoms with Gasteiger partial charge in [0.2, 0.25) is 5.54 Å². The Morgan fingerprint density at radius 1 is 1.40 bits per heavy atom. The van der Waals surface area contributed by atoms with E-state index in [1.807, 2.05) is 36.4 Å². The lowest BCUT2D eigenvalue weighted by atomic mass is 9.86. The maximum Gasteiger partial charge on any atom is 0.230 e. The molecule has 0 aliphatic carbocycles. The van der Waals surface area contributed by atoms with Gasteiger partial charge in [-0.3, -0.25) is 9.80 Å². The third-order valence-electron chi connectivity index (χ3n) is 4.08. The summed E-state index contributed by atoms with van der Waals surface area (Å²) in [5, 5.41) is 24.6. The van der Waals surface area contributed by atoms with Crippen LogP contribution in [0.3, 0.4) is 0 Å². The molecule has 2 atom stereocenters. The summed E-state index contributed by atoms with van der Waals surface area (Å²) in [6, 6.07) is 11.4. The lowest BCUT2D eigenvalue weighted by Gasteiger charge is -2.33. The highest BCUT2D eigenvalue weighted by molar-refractivity contribution is 5.86.